The molecule has 0 radical (unpaired) electrons. The van der Waals surface area contributed by atoms with Gasteiger partial charge in [0.25, 0.3) is 0 Å². The molecule has 1 aliphatic heterocycles. The fourth-order valence-electron chi connectivity index (χ4n) is 3.43. The smallest absolute Gasteiger partial charge is 0.191 e. The fraction of sp³-hybridized carbons (Fsp3) is 0.588. The number of rotatable bonds is 5. The number of hydrogen-bond acceptors (Lipinski definition) is 5. The minimum atomic E-state index is 0.816. The molecule has 3 heterocycles. The van der Waals surface area contributed by atoms with Crippen LogP contribution in [-0.2, 0) is 7.05 Å². The van der Waals surface area contributed by atoms with E-state index in [1.807, 2.05) is 25.4 Å². The molecular formula is C17H25N5S. The van der Waals surface area contributed by atoms with Crippen LogP contribution in [-0.4, -0.2) is 50.0 Å². The van der Waals surface area contributed by atoms with Gasteiger partial charge in [-0.05, 0) is 30.4 Å². The Labute approximate surface area is 142 Å². The summed E-state index contributed by atoms with van der Waals surface area (Å²) in [5.74, 6) is 3.56. The minimum Gasteiger partial charge on any atom is -0.305 e. The summed E-state index contributed by atoms with van der Waals surface area (Å²) in [6.45, 7) is 8.29. The first-order chi connectivity index (χ1) is 11.1. The van der Waals surface area contributed by atoms with Gasteiger partial charge in [0.1, 0.15) is 0 Å². The number of thioether (sulfide) groups is 1. The van der Waals surface area contributed by atoms with E-state index in [1.54, 1.807) is 18.0 Å². The number of likely N-dealkylation sites (tertiary alicyclic amines) is 1. The number of piperidine rings is 1. The summed E-state index contributed by atoms with van der Waals surface area (Å²) in [5.41, 5.74) is 1.01. The maximum Gasteiger partial charge on any atom is 0.191 e. The van der Waals surface area contributed by atoms with Crippen LogP contribution in [0.25, 0.3) is 11.4 Å². The highest BCUT2D eigenvalue weighted by atomic mass is 32.2. The summed E-state index contributed by atoms with van der Waals surface area (Å²) in [4.78, 5) is 6.74. The van der Waals surface area contributed by atoms with Crippen LogP contribution in [0.15, 0.2) is 29.7 Å². The summed E-state index contributed by atoms with van der Waals surface area (Å²) in [5, 5.41) is 9.62. The van der Waals surface area contributed by atoms with Gasteiger partial charge in [0.05, 0.1) is 0 Å². The van der Waals surface area contributed by atoms with Gasteiger partial charge in [-0.1, -0.05) is 25.6 Å². The van der Waals surface area contributed by atoms with Crippen LogP contribution in [0.5, 0.6) is 0 Å². The van der Waals surface area contributed by atoms with E-state index in [-0.39, 0.29) is 0 Å². The fourth-order valence-corrected chi connectivity index (χ4v) is 4.34. The summed E-state index contributed by atoms with van der Waals surface area (Å²) in [6, 6.07) is 3.94. The Morgan fingerprint density at radius 1 is 1.22 bits per heavy atom. The van der Waals surface area contributed by atoms with Crippen LogP contribution in [0, 0.1) is 11.8 Å². The molecule has 3 rings (SSSR count). The normalized spacial score (nSPS) is 22.4. The van der Waals surface area contributed by atoms with Crippen molar-refractivity contribution in [3.63, 3.8) is 0 Å². The van der Waals surface area contributed by atoms with Crippen LogP contribution in [0.4, 0.5) is 0 Å². The molecule has 5 nitrogen and oxygen atoms in total. The average Bonchev–Trinajstić information content (AvgIpc) is 2.88. The van der Waals surface area contributed by atoms with Crippen molar-refractivity contribution in [2.45, 2.75) is 25.4 Å². The van der Waals surface area contributed by atoms with Gasteiger partial charge in [0.15, 0.2) is 11.0 Å². The molecule has 1 saturated heterocycles. The molecule has 2 atom stereocenters. The van der Waals surface area contributed by atoms with Crippen molar-refractivity contribution >= 4 is 11.8 Å². The predicted molar refractivity (Wildman–Crippen MR) is 94.3 cm³/mol. The van der Waals surface area contributed by atoms with Crippen LogP contribution in [0.3, 0.4) is 0 Å². The van der Waals surface area contributed by atoms with Gasteiger partial charge in [-0.3, -0.25) is 4.98 Å². The Kier molecular flexibility index (Phi) is 5.33. The zero-order valence-corrected chi connectivity index (χ0v) is 15.0. The Bertz CT molecular complexity index is 617. The summed E-state index contributed by atoms with van der Waals surface area (Å²) in [6.07, 6.45) is 4.96. The molecule has 0 aliphatic carbocycles. The maximum absolute atomic E-state index is 4.33. The van der Waals surface area contributed by atoms with Crippen molar-refractivity contribution in [2.24, 2.45) is 18.9 Å². The van der Waals surface area contributed by atoms with Crippen molar-refractivity contribution < 1.29 is 0 Å². The highest BCUT2D eigenvalue weighted by Crippen LogP contribution is 2.24. The number of nitrogens with zero attached hydrogens (tertiary/aromatic N) is 5. The largest absolute Gasteiger partial charge is 0.305 e. The lowest BCUT2D eigenvalue weighted by Crippen LogP contribution is -2.39. The standard InChI is InChI=1S/C17H25N5S/c1-13-9-14(2)12-22(11-13)7-8-23-17-20-19-16(21(17)3)15-5-4-6-18-10-15/h4-6,10,13-14H,7-9,11-12H2,1-3H3. The Morgan fingerprint density at radius 3 is 2.70 bits per heavy atom. The molecule has 2 aromatic rings. The molecule has 2 unspecified atom stereocenters. The monoisotopic (exact) mass is 331 g/mol. The van der Waals surface area contributed by atoms with Gasteiger partial charge in [-0.15, -0.1) is 10.2 Å². The lowest BCUT2D eigenvalue weighted by molar-refractivity contribution is 0.149. The number of pyridine rings is 1. The molecule has 2 aromatic heterocycles. The SMILES string of the molecule is CC1CC(C)CN(CCSc2nnc(-c3cccnc3)n2C)C1. The van der Waals surface area contributed by atoms with Gasteiger partial charge in [-0.25, -0.2) is 0 Å². The first kappa shape index (κ1) is 16.5. The van der Waals surface area contributed by atoms with Crippen molar-refractivity contribution in [1.82, 2.24) is 24.6 Å². The van der Waals surface area contributed by atoms with Crippen LogP contribution >= 0.6 is 11.8 Å². The molecule has 1 fully saturated rings. The number of aromatic nitrogens is 4. The maximum atomic E-state index is 4.33. The van der Waals surface area contributed by atoms with E-state index in [1.165, 1.54) is 19.5 Å². The van der Waals surface area contributed by atoms with Crippen LogP contribution in [0.1, 0.15) is 20.3 Å². The first-order valence-corrected chi connectivity index (χ1v) is 9.27. The van der Waals surface area contributed by atoms with E-state index in [2.05, 4.69) is 38.5 Å². The third-order valence-corrected chi connectivity index (χ3v) is 5.34. The lowest BCUT2D eigenvalue weighted by Gasteiger charge is -2.34. The second kappa shape index (κ2) is 7.45. The van der Waals surface area contributed by atoms with E-state index >= 15 is 0 Å². The van der Waals surface area contributed by atoms with Gasteiger partial charge in [0, 0.05) is 50.4 Å². The second-order valence-corrected chi connectivity index (χ2v) is 7.72. The molecule has 23 heavy (non-hydrogen) atoms. The Hall–Kier alpha value is -1.40. The zero-order chi connectivity index (χ0) is 16.2. The van der Waals surface area contributed by atoms with Gasteiger partial charge in [0.2, 0.25) is 0 Å². The lowest BCUT2D eigenvalue weighted by atomic mass is 9.92. The van der Waals surface area contributed by atoms with Crippen molar-refractivity contribution in [3.05, 3.63) is 24.5 Å². The van der Waals surface area contributed by atoms with Crippen LogP contribution < -0.4 is 0 Å². The van der Waals surface area contributed by atoms with Crippen LogP contribution in [0.2, 0.25) is 0 Å². The van der Waals surface area contributed by atoms with Gasteiger partial charge < -0.3 is 9.47 Å². The van der Waals surface area contributed by atoms with Gasteiger partial charge in [-0.2, -0.15) is 0 Å². The molecule has 0 N–H and O–H groups in total. The van der Waals surface area contributed by atoms with E-state index in [4.69, 9.17) is 0 Å². The quantitative estimate of drug-likeness (QED) is 0.788. The van der Waals surface area contributed by atoms with Gasteiger partial charge >= 0.3 is 0 Å². The summed E-state index contributed by atoms with van der Waals surface area (Å²) >= 11 is 1.79. The third kappa shape index (κ3) is 4.12. The zero-order valence-electron chi connectivity index (χ0n) is 14.1. The van der Waals surface area contributed by atoms with Crippen molar-refractivity contribution in [1.29, 1.82) is 0 Å². The van der Waals surface area contributed by atoms with E-state index < -0.39 is 0 Å². The molecule has 0 saturated carbocycles. The molecule has 0 spiro atoms. The molecule has 0 bridgehead atoms. The minimum absolute atomic E-state index is 0.816. The molecule has 0 amide bonds. The summed E-state index contributed by atoms with van der Waals surface area (Å²) < 4.78 is 2.06. The molecule has 6 heteroatoms. The van der Waals surface area contributed by atoms with Crippen molar-refractivity contribution in [2.75, 3.05) is 25.4 Å². The van der Waals surface area contributed by atoms with Crippen molar-refractivity contribution in [3.8, 4) is 11.4 Å². The topological polar surface area (TPSA) is 46.8 Å². The van der Waals surface area contributed by atoms with E-state index in [0.29, 0.717) is 0 Å². The summed E-state index contributed by atoms with van der Waals surface area (Å²) in [7, 11) is 2.02. The van der Waals surface area contributed by atoms with E-state index in [0.717, 1.165) is 40.7 Å². The highest BCUT2D eigenvalue weighted by molar-refractivity contribution is 7.99. The predicted octanol–water partition coefficient (Wildman–Crippen LogP) is 2.95. The number of hydrogen-bond donors (Lipinski definition) is 0. The molecular weight excluding hydrogens is 306 g/mol. The first-order valence-electron chi connectivity index (χ1n) is 8.28. The van der Waals surface area contributed by atoms with E-state index in [9.17, 15) is 0 Å². The average molecular weight is 331 g/mol. The molecule has 124 valence electrons. The molecule has 1 aliphatic rings. The Balaban J connectivity index is 1.56. The highest BCUT2D eigenvalue weighted by Gasteiger charge is 2.21. The second-order valence-electron chi connectivity index (χ2n) is 6.66. The Morgan fingerprint density at radius 2 is 2.00 bits per heavy atom. The molecule has 0 aromatic carbocycles. The third-order valence-electron chi connectivity index (χ3n) is 4.34.